The first-order chi connectivity index (χ1) is 10.0. The molecule has 0 atom stereocenters. The summed E-state index contributed by atoms with van der Waals surface area (Å²) in [7, 11) is 0. The molecule has 4 nitrogen and oxygen atoms in total. The molecule has 0 aliphatic heterocycles. The molecule has 1 aromatic carbocycles. The third-order valence-corrected chi connectivity index (χ3v) is 2.97. The summed E-state index contributed by atoms with van der Waals surface area (Å²) in [6, 6.07) is 4.21. The van der Waals surface area contributed by atoms with Crippen LogP contribution in [0.15, 0.2) is 22.6 Å². The van der Waals surface area contributed by atoms with Crippen molar-refractivity contribution in [2.45, 2.75) is 39.2 Å². The Kier molecular flexibility index (Phi) is 5.38. The van der Waals surface area contributed by atoms with Gasteiger partial charge in [0.1, 0.15) is 0 Å². The first kappa shape index (κ1) is 15.6. The van der Waals surface area contributed by atoms with Crippen LogP contribution in [-0.2, 0) is 12.8 Å². The maximum atomic E-state index is 13.1. The van der Waals surface area contributed by atoms with Crippen LogP contribution in [-0.4, -0.2) is 22.8 Å². The fraction of sp³-hybridized carbons (Fsp3) is 0.467. The monoisotopic (exact) mass is 295 g/mol. The van der Waals surface area contributed by atoms with E-state index in [-0.39, 0.29) is 0 Å². The summed E-state index contributed by atoms with van der Waals surface area (Å²) in [6.45, 7) is 5.07. The zero-order chi connectivity index (χ0) is 15.2. The average Bonchev–Trinajstić information content (AvgIpc) is 2.86. The topological polar surface area (TPSA) is 51.0 Å². The lowest BCUT2D eigenvalue weighted by molar-refractivity contribution is 0.445. The van der Waals surface area contributed by atoms with Crippen molar-refractivity contribution in [3.8, 4) is 0 Å². The largest absolute Gasteiger partial charge is 0.425 e. The van der Waals surface area contributed by atoms with E-state index in [9.17, 15) is 8.78 Å². The number of rotatable bonds is 7. The second kappa shape index (κ2) is 7.26. The molecule has 0 unspecified atom stereocenters. The first-order valence-electron chi connectivity index (χ1n) is 7.03. The molecule has 2 rings (SSSR count). The molecule has 1 aromatic heterocycles. The van der Waals surface area contributed by atoms with Crippen LogP contribution in [0.1, 0.15) is 37.6 Å². The van der Waals surface area contributed by atoms with Crippen LogP contribution >= 0.6 is 0 Å². The van der Waals surface area contributed by atoms with E-state index in [1.807, 2.05) is 0 Å². The molecule has 0 spiro atoms. The maximum Gasteiger partial charge on any atom is 0.220 e. The SMILES string of the molecule is CC(C)NCCCc1nnc(Cc2ccc(F)c(F)c2)o1. The van der Waals surface area contributed by atoms with Crippen LogP contribution in [0, 0.1) is 11.6 Å². The number of nitrogens with one attached hydrogen (secondary N) is 1. The van der Waals surface area contributed by atoms with Crippen molar-refractivity contribution in [1.82, 2.24) is 15.5 Å². The van der Waals surface area contributed by atoms with Crippen LogP contribution in [0.3, 0.4) is 0 Å². The van der Waals surface area contributed by atoms with Crippen LogP contribution in [0.25, 0.3) is 0 Å². The number of benzene rings is 1. The molecule has 6 heteroatoms. The summed E-state index contributed by atoms with van der Waals surface area (Å²) >= 11 is 0. The second-order valence-electron chi connectivity index (χ2n) is 5.23. The summed E-state index contributed by atoms with van der Waals surface area (Å²) in [4.78, 5) is 0. The van der Waals surface area contributed by atoms with Gasteiger partial charge in [-0.2, -0.15) is 0 Å². The quantitative estimate of drug-likeness (QED) is 0.798. The van der Waals surface area contributed by atoms with Gasteiger partial charge in [0.15, 0.2) is 11.6 Å². The van der Waals surface area contributed by atoms with E-state index >= 15 is 0 Å². The number of hydrogen-bond acceptors (Lipinski definition) is 4. The highest BCUT2D eigenvalue weighted by molar-refractivity contribution is 5.20. The van der Waals surface area contributed by atoms with E-state index in [2.05, 4.69) is 29.4 Å². The Labute approximate surface area is 122 Å². The van der Waals surface area contributed by atoms with Gasteiger partial charge in [0.05, 0.1) is 6.42 Å². The number of aromatic nitrogens is 2. The van der Waals surface area contributed by atoms with Crippen LogP contribution in [0.2, 0.25) is 0 Å². The Bertz CT molecular complexity index is 584. The predicted molar refractivity (Wildman–Crippen MR) is 74.9 cm³/mol. The molecule has 0 amide bonds. The van der Waals surface area contributed by atoms with E-state index in [0.29, 0.717) is 36.2 Å². The summed E-state index contributed by atoms with van der Waals surface area (Å²) < 4.78 is 31.4. The van der Waals surface area contributed by atoms with Crippen molar-refractivity contribution >= 4 is 0 Å². The molecule has 21 heavy (non-hydrogen) atoms. The Morgan fingerprint density at radius 1 is 1.14 bits per heavy atom. The molecule has 0 saturated carbocycles. The fourth-order valence-electron chi connectivity index (χ4n) is 1.92. The lowest BCUT2D eigenvalue weighted by Crippen LogP contribution is -2.23. The molecule has 0 aliphatic rings. The summed E-state index contributed by atoms with van der Waals surface area (Å²) in [5.74, 6) is -0.749. The summed E-state index contributed by atoms with van der Waals surface area (Å²) in [5.41, 5.74) is 0.602. The highest BCUT2D eigenvalue weighted by atomic mass is 19.2. The van der Waals surface area contributed by atoms with E-state index in [1.165, 1.54) is 6.07 Å². The molecular weight excluding hydrogens is 276 g/mol. The van der Waals surface area contributed by atoms with E-state index in [1.54, 1.807) is 0 Å². The Morgan fingerprint density at radius 2 is 1.90 bits per heavy atom. The number of halogens is 2. The number of nitrogens with zero attached hydrogens (tertiary/aromatic N) is 2. The standard InChI is InChI=1S/C15H19F2N3O/c1-10(2)18-7-3-4-14-19-20-15(21-14)9-11-5-6-12(16)13(17)8-11/h5-6,8,10,18H,3-4,7,9H2,1-2H3. The van der Waals surface area contributed by atoms with Gasteiger partial charge in [-0.1, -0.05) is 19.9 Å². The van der Waals surface area contributed by atoms with Crippen molar-refractivity contribution in [2.24, 2.45) is 0 Å². The normalized spacial score (nSPS) is 11.3. The van der Waals surface area contributed by atoms with Crippen LogP contribution < -0.4 is 5.32 Å². The minimum Gasteiger partial charge on any atom is -0.425 e. The van der Waals surface area contributed by atoms with Crippen molar-refractivity contribution in [3.05, 3.63) is 47.2 Å². The third kappa shape index (κ3) is 4.90. The Hall–Kier alpha value is -1.82. The average molecular weight is 295 g/mol. The van der Waals surface area contributed by atoms with E-state index < -0.39 is 11.6 Å². The van der Waals surface area contributed by atoms with E-state index in [0.717, 1.165) is 25.1 Å². The minimum atomic E-state index is -0.869. The van der Waals surface area contributed by atoms with Crippen molar-refractivity contribution in [2.75, 3.05) is 6.54 Å². The van der Waals surface area contributed by atoms with Gasteiger partial charge in [-0.05, 0) is 30.7 Å². The zero-order valence-electron chi connectivity index (χ0n) is 12.2. The molecule has 0 bridgehead atoms. The first-order valence-corrected chi connectivity index (χ1v) is 7.03. The van der Waals surface area contributed by atoms with Crippen molar-refractivity contribution in [1.29, 1.82) is 0 Å². The van der Waals surface area contributed by atoms with Crippen LogP contribution in [0.5, 0.6) is 0 Å². The molecule has 1 heterocycles. The Morgan fingerprint density at radius 3 is 2.62 bits per heavy atom. The third-order valence-electron chi connectivity index (χ3n) is 2.97. The lowest BCUT2D eigenvalue weighted by Gasteiger charge is -2.05. The molecular formula is C15H19F2N3O. The van der Waals surface area contributed by atoms with Gasteiger partial charge in [-0.15, -0.1) is 10.2 Å². The molecule has 2 aromatic rings. The Balaban J connectivity index is 1.86. The molecule has 0 aliphatic carbocycles. The highest BCUT2D eigenvalue weighted by Gasteiger charge is 2.09. The van der Waals surface area contributed by atoms with Crippen molar-refractivity contribution < 1.29 is 13.2 Å². The highest BCUT2D eigenvalue weighted by Crippen LogP contribution is 2.13. The number of aryl methyl sites for hydroxylation is 1. The molecule has 1 N–H and O–H groups in total. The van der Waals surface area contributed by atoms with Gasteiger partial charge in [-0.25, -0.2) is 8.78 Å². The maximum absolute atomic E-state index is 13.1. The van der Waals surface area contributed by atoms with Crippen LogP contribution in [0.4, 0.5) is 8.78 Å². The van der Waals surface area contributed by atoms with Gasteiger partial charge in [0, 0.05) is 12.5 Å². The minimum absolute atomic E-state index is 0.300. The predicted octanol–water partition coefficient (Wildman–Crippen LogP) is 2.87. The second-order valence-corrected chi connectivity index (χ2v) is 5.23. The number of hydrogen-bond donors (Lipinski definition) is 1. The van der Waals surface area contributed by atoms with Gasteiger partial charge in [0.25, 0.3) is 0 Å². The molecule has 0 radical (unpaired) electrons. The van der Waals surface area contributed by atoms with Gasteiger partial charge in [0.2, 0.25) is 11.8 Å². The fourth-order valence-corrected chi connectivity index (χ4v) is 1.92. The summed E-state index contributed by atoms with van der Waals surface area (Å²) in [5, 5.41) is 11.2. The smallest absolute Gasteiger partial charge is 0.220 e. The molecule has 114 valence electrons. The summed E-state index contributed by atoms with van der Waals surface area (Å²) in [6.07, 6.45) is 1.91. The lowest BCUT2D eigenvalue weighted by atomic mass is 10.1. The van der Waals surface area contributed by atoms with Gasteiger partial charge in [-0.3, -0.25) is 0 Å². The molecule has 0 fully saturated rings. The van der Waals surface area contributed by atoms with Gasteiger partial charge >= 0.3 is 0 Å². The van der Waals surface area contributed by atoms with Gasteiger partial charge < -0.3 is 9.73 Å². The van der Waals surface area contributed by atoms with E-state index in [4.69, 9.17) is 4.42 Å². The zero-order valence-corrected chi connectivity index (χ0v) is 12.2. The molecule has 0 saturated heterocycles. The van der Waals surface area contributed by atoms with Crippen molar-refractivity contribution in [3.63, 3.8) is 0 Å².